The summed E-state index contributed by atoms with van der Waals surface area (Å²) in [7, 11) is 0. The van der Waals surface area contributed by atoms with Crippen LogP contribution in [0, 0.1) is 5.92 Å². The van der Waals surface area contributed by atoms with E-state index in [4.69, 9.17) is 17.0 Å². The fourth-order valence-electron chi connectivity index (χ4n) is 1.70. The maximum Gasteiger partial charge on any atom is 0.257 e. The van der Waals surface area contributed by atoms with Crippen molar-refractivity contribution in [1.82, 2.24) is 10.3 Å². The van der Waals surface area contributed by atoms with Crippen LogP contribution >= 0.6 is 23.6 Å². The van der Waals surface area contributed by atoms with Gasteiger partial charge in [-0.1, -0.05) is 13.8 Å². The van der Waals surface area contributed by atoms with Gasteiger partial charge in [-0.25, -0.2) is 4.98 Å². The van der Waals surface area contributed by atoms with Crippen molar-refractivity contribution in [3.05, 3.63) is 41.4 Å². The lowest BCUT2D eigenvalue weighted by molar-refractivity contribution is 0.0977. The van der Waals surface area contributed by atoms with Crippen molar-refractivity contribution < 1.29 is 9.53 Å². The van der Waals surface area contributed by atoms with Gasteiger partial charge in [0.1, 0.15) is 5.75 Å². The average Bonchev–Trinajstić information content (AvgIpc) is 3.00. The van der Waals surface area contributed by atoms with Gasteiger partial charge in [-0.05, 0) is 48.8 Å². The summed E-state index contributed by atoms with van der Waals surface area (Å²) >= 11 is 6.49. The van der Waals surface area contributed by atoms with E-state index in [-0.39, 0.29) is 11.0 Å². The smallest absolute Gasteiger partial charge is 0.257 e. The van der Waals surface area contributed by atoms with E-state index in [1.54, 1.807) is 30.5 Å². The Morgan fingerprint density at radius 2 is 2.09 bits per heavy atom. The molecule has 0 saturated carbocycles. The molecule has 0 bridgehead atoms. The zero-order valence-electron chi connectivity index (χ0n) is 13.0. The number of thiocarbonyl (C=S) groups is 1. The molecule has 1 amide bonds. The number of thiazole rings is 1. The van der Waals surface area contributed by atoms with E-state index in [9.17, 15) is 4.79 Å². The molecular formula is C16H19N3O2S2. The third kappa shape index (κ3) is 5.96. The summed E-state index contributed by atoms with van der Waals surface area (Å²) in [5, 5.41) is 8.17. The second-order valence-electron chi connectivity index (χ2n) is 5.30. The minimum absolute atomic E-state index is 0.224. The fourth-order valence-corrected chi connectivity index (χ4v) is 2.49. The fraction of sp³-hybridized carbons (Fsp3) is 0.312. The number of benzene rings is 1. The van der Waals surface area contributed by atoms with E-state index in [0.29, 0.717) is 23.2 Å². The summed E-state index contributed by atoms with van der Waals surface area (Å²) in [5.41, 5.74) is 0.518. The van der Waals surface area contributed by atoms with Gasteiger partial charge >= 0.3 is 0 Å². The van der Waals surface area contributed by atoms with Crippen LogP contribution in [0.15, 0.2) is 35.8 Å². The Kier molecular flexibility index (Phi) is 6.49. The van der Waals surface area contributed by atoms with Gasteiger partial charge in [-0.15, -0.1) is 11.3 Å². The van der Waals surface area contributed by atoms with Crippen LogP contribution in [-0.4, -0.2) is 22.6 Å². The molecule has 1 aromatic carbocycles. The van der Waals surface area contributed by atoms with Crippen LogP contribution in [0.2, 0.25) is 0 Å². The summed E-state index contributed by atoms with van der Waals surface area (Å²) in [4.78, 5) is 16.1. The van der Waals surface area contributed by atoms with Crippen molar-refractivity contribution in [2.75, 3.05) is 11.9 Å². The average molecular weight is 349 g/mol. The van der Waals surface area contributed by atoms with E-state index in [1.165, 1.54) is 11.3 Å². The first-order chi connectivity index (χ1) is 11.0. The third-order valence-corrected chi connectivity index (χ3v) is 3.85. The second kappa shape index (κ2) is 8.59. The standard InChI is InChI=1S/C16H19N3O2S2/c1-11(2)7-9-21-13-5-3-12(4-6-13)14(20)18-15(22)19-16-17-8-10-23-16/h3-6,8,10-11H,7,9H2,1-2H3,(H2,17,18,19,20,22). The number of hydrogen-bond donors (Lipinski definition) is 2. The Morgan fingerprint density at radius 1 is 1.35 bits per heavy atom. The number of carbonyl (C=O) groups excluding carboxylic acids is 1. The molecule has 0 aliphatic heterocycles. The van der Waals surface area contributed by atoms with E-state index in [0.717, 1.165) is 12.2 Å². The van der Waals surface area contributed by atoms with Crippen molar-refractivity contribution in [3.63, 3.8) is 0 Å². The molecule has 0 spiro atoms. The molecule has 0 saturated heterocycles. The number of nitrogens with one attached hydrogen (secondary N) is 2. The van der Waals surface area contributed by atoms with E-state index >= 15 is 0 Å². The Bertz CT molecular complexity index is 640. The van der Waals surface area contributed by atoms with Gasteiger partial charge in [-0.3, -0.25) is 10.1 Å². The number of carbonyl (C=O) groups is 1. The largest absolute Gasteiger partial charge is 0.494 e. The van der Waals surface area contributed by atoms with Crippen LogP contribution in [-0.2, 0) is 0 Å². The van der Waals surface area contributed by atoms with Crippen molar-refractivity contribution in [2.45, 2.75) is 20.3 Å². The highest BCUT2D eigenvalue weighted by molar-refractivity contribution is 7.80. The Balaban J connectivity index is 1.83. The number of ether oxygens (including phenoxy) is 1. The Labute approximate surface area is 145 Å². The molecule has 2 rings (SSSR count). The molecule has 23 heavy (non-hydrogen) atoms. The number of aromatic nitrogens is 1. The molecule has 2 N–H and O–H groups in total. The highest BCUT2D eigenvalue weighted by atomic mass is 32.1. The topological polar surface area (TPSA) is 63.2 Å². The summed E-state index contributed by atoms with van der Waals surface area (Å²) in [6, 6.07) is 7.00. The van der Waals surface area contributed by atoms with E-state index in [1.807, 2.05) is 5.38 Å². The molecule has 0 unspecified atom stereocenters. The SMILES string of the molecule is CC(C)CCOc1ccc(C(=O)NC(=S)Nc2nccs2)cc1. The Hall–Kier alpha value is -1.99. The maximum absolute atomic E-state index is 12.1. The summed E-state index contributed by atoms with van der Waals surface area (Å²) in [6.07, 6.45) is 2.66. The molecule has 0 fully saturated rings. The minimum atomic E-state index is -0.271. The van der Waals surface area contributed by atoms with Gasteiger partial charge < -0.3 is 10.1 Å². The van der Waals surface area contributed by atoms with Crippen molar-refractivity contribution in [2.24, 2.45) is 5.92 Å². The van der Waals surface area contributed by atoms with Gasteiger partial charge in [0.25, 0.3) is 5.91 Å². The van der Waals surface area contributed by atoms with Crippen LogP contribution in [0.3, 0.4) is 0 Å². The molecule has 2 aromatic rings. The first kappa shape index (κ1) is 17.4. The molecule has 7 heteroatoms. The molecular weight excluding hydrogens is 330 g/mol. The van der Waals surface area contributed by atoms with Gasteiger partial charge in [0.2, 0.25) is 0 Å². The summed E-state index contributed by atoms with van der Waals surface area (Å²) < 4.78 is 5.63. The summed E-state index contributed by atoms with van der Waals surface area (Å²) in [5.74, 6) is 1.09. The molecule has 0 aliphatic rings. The highest BCUT2D eigenvalue weighted by Gasteiger charge is 2.09. The van der Waals surface area contributed by atoms with Gasteiger partial charge in [0, 0.05) is 17.1 Å². The van der Waals surface area contributed by atoms with Crippen molar-refractivity contribution >= 4 is 39.7 Å². The molecule has 122 valence electrons. The van der Waals surface area contributed by atoms with Crippen LogP contribution in [0.25, 0.3) is 0 Å². The molecule has 1 aromatic heterocycles. The van der Waals surface area contributed by atoms with Crippen LogP contribution < -0.4 is 15.4 Å². The maximum atomic E-state index is 12.1. The summed E-state index contributed by atoms with van der Waals surface area (Å²) in [6.45, 7) is 4.98. The number of nitrogens with zero attached hydrogens (tertiary/aromatic N) is 1. The second-order valence-corrected chi connectivity index (χ2v) is 6.60. The third-order valence-electron chi connectivity index (χ3n) is 2.96. The molecule has 0 aliphatic carbocycles. The molecule has 0 atom stereocenters. The molecule has 1 heterocycles. The normalized spacial score (nSPS) is 10.4. The zero-order valence-corrected chi connectivity index (χ0v) is 14.7. The van der Waals surface area contributed by atoms with Gasteiger partial charge in [0.05, 0.1) is 6.61 Å². The van der Waals surface area contributed by atoms with Crippen molar-refractivity contribution in [1.29, 1.82) is 0 Å². The Morgan fingerprint density at radius 3 is 2.70 bits per heavy atom. The van der Waals surface area contributed by atoms with Crippen molar-refractivity contribution in [3.8, 4) is 5.75 Å². The van der Waals surface area contributed by atoms with Crippen LogP contribution in [0.1, 0.15) is 30.6 Å². The van der Waals surface area contributed by atoms with Crippen LogP contribution in [0.4, 0.5) is 5.13 Å². The lowest BCUT2D eigenvalue weighted by Gasteiger charge is -2.09. The monoisotopic (exact) mass is 349 g/mol. The lowest BCUT2D eigenvalue weighted by Crippen LogP contribution is -2.34. The number of rotatable bonds is 6. The van der Waals surface area contributed by atoms with Gasteiger partial charge in [0.15, 0.2) is 10.2 Å². The number of anilines is 1. The number of hydrogen-bond acceptors (Lipinski definition) is 5. The number of amides is 1. The van der Waals surface area contributed by atoms with Gasteiger partial charge in [-0.2, -0.15) is 0 Å². The lowest BCUT2D eigenvalue weighted by atomic mass is 10.1. The first-order valence-electron chi connectivity index (χ1n) is 7.29. The minimum Gasteiger partial charge on any atom is -0.494 e. The predicted octanol–water partition coefficient (Wildman–Crippen LogP) is 3.69. The van der Waals surface area contributed by atoms with E-state index in [2.05, 4.69) is 29.5 Å². The molecule has 0 radical (unpaired) electrons. The molecule has 5 nitrogen and oxygen atoms in total. The first-order valence-corrected chi connectivity index (χ1v) is 8.58. The van der Waals surface area contributed by atoms with E-state index < -0.39 is 0 Å². The highest BCUT2D eigenvalue weighted by Crippen LogP contribution is 2.14. The zero-order chi connectivity index (χ0) is 16.7. The predicted molar refractivity (Wildman–Crippen MR) is 97.2 cm³/mol. The van der Waals surface area contributed by atoms with Crippen LogP contribution in [0.5, 0.6) is 5.75 Å². The quantitative estimate of drug-likeness (QED) is 0.779.